The van der Waals surface area contributed by atoms with E-state index in [1.165, 1.54) is 0 Å². The number of carbonyl (C=O) groups is 2. The fraction of sp³-hybridized carbons (Fsp3) is 0.467. The Morgan fingerprint density at radius 1 is 1.35 bits per heavy atom. The highest BCUT2D eigenvalue weighted by atomic mass is 16.4. The van der Waals surface area contributed by atoms with Crippen LogP contribution in [-0.4, -0.2) is 35.0 Å². The molecule has 1 aromatic carbocycles. The molecule has 3 N–H and O–H groups in total. The standard InChI is InChI=1S/C15H20N2O3/c1-10-4-6-11(7-5-10)13(16)14(18)17-8-2-3-12(9-17)15(19)20/h4-7,12-13H,2-3,8-9,16H2,1H3,(H,19,20)/t12-,13?/m0/s1. The molecule has 5 nitrogen and oxygen atoms in total. The number of amides is 1. The third kappa shape index (κ3) is 3.17. The van der Waals surface area contributed by atoms with Crippen LogP contribution in [-0.2, 0) is 9.59 Å². The Labute approximate surface area is 118 Å². The van der Waals surface area contributed by atoms with Crippen LogP contribution in [0.15, 0.2) is 24.3 Å². The average molecular weight is 276 g/mol. The van der Waals surface area contributed by atoms with Crippen molar-refractivity contribution in [1.29, 1.82) is 0 Å². The SMILES string of the molecule is Cc1ccc(C(N)C(=O)N2CCC[C@H](C(=O)O)C2)cc1. The minimum Gasteiger partial charge on any atom is -0.481 e. The number of nitrogens with zero attached hydrogens (tertiary/aromatic N) is 1. The molecule has 1 saturated heterocycles. The zero-order valence-electron chi connectivity index (χ0n) is 11.6. The van der Waals surface area contributed by atoms with E-state index in [0.717, 1.165) is 11.1 Å². The molecule has 1 amide bonds. The van der Waals surface area contributed by atoms with Crippen molar-refractivity contribution in [3.63, 3.8) is 0 Å². The number of carbonyl (C=O) groups excluding carboxylic acids is 1. The van der Waals surface area contributed by atoms with Crippen molar-refractivity contribution in [3.05, 3.63) is 35.4 Å². The van der Waals surface area contributed by atoms with Crippen LogP contribution >= 0.6 is 0 Å². The predicted octanol–water partition coefficient (Wildman–Crippen LogP) is 1.32. The average Bonchev–Trinajstić information content (AvgIpc) is 2.46. The zero-order valence-corrected chi connectivity index (χ0v) is 11.6. The number of hydrogen-bond donors (Lipinski definition) is 2. The number of piperidine rings is 1. The number of nitrogens with two attached hydrogens (primary N) is 1. The number of carboxylic acid groups (broad SMARTS) is 1. The molecule has 0 spiro atoms. The fourth-order valence-corrected chi connectivity index (χ4v) is 2.49. The van der Waals surface area contributed by atoms with Gasteiger partial charge in [0.05, 0.1) is 5.92 Å². The lowest BCUT2D eigenvalue weighted by Crippen LogP contribution is -2.46. The molecule has 20 heavy (non-hydrogen) atoms. The Morgan fingerprint density at radius 3 is 2.60 bits per heavy atom. The van der Waals surface area contributed by atoms with Gasteiger partial charge in [-0.3, -0.25) is 9.59 Å². The smallest absolute Gasteiger partial charge is 0.308 e. The van der Waals surface area contributed by atoms with Gasteiger partial charge in [0.2, 0.25) is 5.91 Å². The van der Waals surface area contributed by atoms with E-state index in [4.69, 9.17) is 10.8 Å². The number of likely N-dealkylation sites (tertiary alicyclic amines) is 1. The first kappa shape index (κ1) is 14.5. The lowest BCUT2D eigenvalue weighted by Gasteiger charge is -2.32. The predicted molar refractivity (Wildman–Crippen MR) is 75.0 cm³/mol. The van der Waals surface area contributed by atoms with E-state index >= 15 is 0 Å². The lowest BCUT2D eigenvalue weighted by atomic mass is 9.96. The van der Waals surface area contributed by atoms with Crippen LogP contribution in [0.3, 0.4) is 0 Å². The lowest BCUT2D eigenvalue weighted by molar-refractivity contribution is -0.146. The first-order valence-corrected chi connectivity index (χ1v) is 6.83. The highest BCUT2D eigenvalue weighted by molar-refractivity contribution is 5.84. The topological polar surface area (TPSA) is 83.6 Å². The molecule has 2 atom stereocenters. The number of aliphatic carboxylic acids is 1. The molecule has 2 rings (SSSR count). The molecule has 1 unspecified atom stereocenters. The summed E-state index contributed by atoms with van der Waals surface area (Å²) >= 11 is 0. The van der Waals surface area contributed by atoms with Crippen molar-refractivity contribution in [2.45, 2.75) is 25.8 Å². The Hall–Kier alpha value is -1.88. The first-order chi connectivity index (χ1) is 9.49. The molecule has 0 aliphatic carbocycles. The van der Waals surface area contributed by atoms with Gasteiger partial charge in [0.25, 0.3) is 0 Å². The number of rotatable bonds is 3. The minimum atomic E-state index is -0.841. The molecule has 0 saturated carbocycles. The summed E-state index contributed by atoms with van der Waals surface area (Å²) in [4.78, 5) is 25.0. The van der Waals surface area contributed by atoms with Crippen LogP contribution in [0.1, 0.15) is 30.0 Å². The van der Waals surface area contributed by atoms with Crippen LogP contribution < -0.4 is 5.73 Å². The second-order valence-corrected chi connectivity index (χ2v) is 5.35. The molecule has 5 heteroatoms. The Bertz CT molecular complexity index is 498. The monoisotopic (exact) mass is 276 g/mol. The minimum absolute atomic E-state index is 0.195. The summed E-state index contributed by atoms with van der Waals surface area (Å²) in [5, 5.41) is 9.05. The Balaban J connectivity index is 2.06. The van der Waals surface area contributed by atoms with E-state index < -0.39 is 17.9 Å². The molecule has 1 aliphatic heterocycles. The maximum atomic E-state index is 12.4. The van der Waals surface area contributed by atoms with E-state index in [2.05, 4.69) is 0 Å². The van der Waals surface area contributed by atoms with E-state index in [1.54, 1.807) is 4.90 Å². The van der Waals surface area contributed by atoms with Crippen LogP contribution in [0.25, 0.3) is 0 Å². The number of carboxylic acids is 1. The number of aryl methyl sites for hydroxylation is 1. The van der Waals surface area contributed by atoms with Gasteiger partial charge in [0.15, 0.2) is 0 Å². The van der Waals surface area contributed by atoms with Gasteiger partial charge in [-0.1, -0.05) is 29.8 Å². The van der Waals surface area contributed by atoms with Crippen LogP contribution in [0, 0.1) is 12.8 Å². The first-order valence-electron chi connectivity index (χ1n) is 6.83. The van der Waals surface area contributed by atoms with Gasteiger partial charge < -0.3 is 15.7 Å². The maximum absolute atomic E-state index is 12.4. The molecule has 0 bridgehead atoms. The second kappa shape index (κ2) is 6.05. The molecular formula is C15H20N2O3. The zero-order chi connectivity index (χ0) is 14.7. The number of benzene rings is 1. The van der Waals surface area contributed by atoms with E-state index in [0.29, 0.717) is 19.4 Å². The van der Waals surface area contributed by atoms with Crippen molar-refractivity contribution < 1.29 is 14.7 Å². The largest absolute Gasteiger partial charge is 0.481 e. The van der Waals surface area contributed by atoms with E-state index in [1.807, 2.05) is 31.2 Å². The summed E-state index contributed by atoms with van der Waals surface area (Å²) in [6.45, 7) is 2.81. The number of hydrogen-bond acceptors (Lipinski definition) is 3. The summed E-state index contributed by atoms with van der Waals surface area (Å²) < 4.78 is 0. The molecule has 1 heterocycles. The van der Waals surface area contributed by atoms with Crippen molar-refractivity contribution in [1.82, 2.24) is 4.90 Å². The van der Waals surface area contributed by atoms with Crippen molar-refractivity contribution in [2.24, 2.45) is 11.7 Å². The Kier molecular flexibility index (Phi) is 4.39. The van der Waals surface area contributed by atoms with Crippen molar-refractivity contribution in [3.8, 4) is 0 Å². The highest BCUT2D eigenvalue weighted by Crippen LogP contribution is 2.21. The molecule has 1 aliphatic rings. The van der Waals surface area contributed by atoms with Gasteiger partial charge in [-0.25, -0.2) is 0 Å². The summed E-state index contributed by atoms with van der Waals surface area (Å²) in [5.74, 6) is -1.51. The third-order valence-electron chi connectivity index (χ3n) is 3.78. The van der Waals surface area contributed by atoms with Crippen LogP contribution in [0.4, 0.5) is 0 Å². The fourth-order valence-electron chi connectivity index (χ4n) is 2.49. The van der Waals surface area contributed by atoms with Gasteiger partial charge in [0, 0.05) is 13.1 Å². The summed E-state index contributed by atoms with van der Waals surface area (Å²) in [6, 6.07) is 6.80. The van der Waals surface area contributed by atoms with E-state index in [9.17, 15) is 9.59 Å². The molecule has 0 radical (unpaired) electrons. The summed E-state index contributed by atoms with van der Waals surface area (Å²) in [6.07, 6.45) is 1.34. The quantitative estimate of drug-likeness (QED) is 0.872. The van der Waals surface area contributed by atoms with Gasteiger partial charge in [0.1, 0.15) is 6.04 Å². The second-order valence-electron chi connectivity index (χ2n) is 5.35. The molecular weight excluding hydrogens is 256 g/mol. The molecule has 1 aromatic rings. The van der Waals surface area contributed by atoms with E-state index in [-0.39, 0.29) is 12.5 Å². The van der Waals surface area contributed by atoms with Crippen LogP contribution in [0.2, 0.25) is 0 Å². The van der Waals surface area contributed by atoms with Crippen LogP contribution in [0.5, 0.6) is 0 Å². The molecule has 0 aromatic heterocycles. The third-order valence-corrected chi connectivity index (χ3v) is 3.78. The highest BCUT2D eigenvalue weighted by Gasteiger charge is 2.30. The summed E-state index contributed by atoms with van der Waals surface area (Å²) in [7, 11) is 0. The van der Waals surface area contributed by atoms with Gasteiger partial charge in [-0.15, -0.1) is 0 Å². The maximum Gasteiger partial charge on any atom is 0.308 e. The molecule has 108 valence electrons. The summed E-state index contributed by atoms with van der Waals surface area (Å²) in [5.41, 5.74) is 7.87. The van der Waals surface area contributed by atoms with Gasteiger partial charge in [-0.05, 0) is 25.3 Å². The van der Waals surface area contributed by atoms with Crippen molar-refractivity contribution in [2.75, 3.05) is 13.1 Å². The Morgan fingerprint density at radius 2 is 2.00 bits per heavy atom. The normalized spacial score (nSPS) is 20.5. The van der Waals surface area contributed by atoms with Gasteiger partial charge >= 0.3 is 5.97 Å². The van der Waals surface area contributed by atoms with Gasteiger partial charge in [-0.2, -0.15) is 0 Å². The van der Waals surface area contributed by atoms with Crippen molar-refractivity contribution >= 4 is 11.9 Å². The molecule has 1 fully saturated rings.